The number of hydrogen-bond donors (Lipinski definition) is 2. The molecule has 96 valence electrons. The van der Waals surface area contributed by atoms with E-state index in [4.69, 9.17) is 5.73 Å². The first-order valence-corrected chi connectivity index (χ1v) is 7.06. The van der Waals surface area contributed by atoms with Crippen molar-refractivity contribution in [3.63, 3.8) is 0 Å². The Kier molecular flexibility index (Phi) is 6.22. The number of thiophene rings is 1. The SMILES string of the molecule is Cc1cscc1CNC(=O)CCC(C)CCN. The third kappa shape index (κ3) is 5.33. The zero-order valence-electron chi connectivity index (χ0n) is 10.7. The van der Waals surface area contributed by atoms with E-state index in [0.717, 1.165) is 12.8 Å². The molecule has 0 aliphatic heterocycles. The largest absolute Gasteiger partial charge is 0.352 e. The fraction of sp³-hybridized carbons (Fsp3) is 0.615. The molecule has 1 unspecified atom stereocenters. The van der Waals surface area contributed by atoms with Gasteiger partial charge in [-0.1, -0.05) is 6.92 Å². The van der Waals surface area contributed by atoms with Gasteiger partial charge in [0, 0.05) is 13.0 Å². The summed E-state index contributed by atoms with van der Waals surface area (Å²) in [6.45, 7) is 5.57. The van der Waals surface area contributed by atoms with E-state index in [0.29, 0.717) is 25.4 Å². The minimum absolute atomic E-state index is 0.138. The van der Waals surface area contributed by atoms with Crippen molar-refractivity contribution >= 4 is 17.2 Å². The van der Waals surface area contributed by atoms with Gasteiger partial charge in [-0.25, -0.2) is 0 Å². The monoisotopic (exact) mass is 254 g/mol. The topological polar surface area (TPSA) is 55.1 Å². The Hall–Kier alpha value is -0.870. The second-order valence-electron chi connectivity index (χ2n) is 4.58. The van der Waals surface area contributed by atoms with Crippen LogP contribution in [0.15, 0.2) is 10.8 Å². The van der Waals surface area contributed by atoms with Crippen molar-refractivity contribution in [2.24, 2.45) is 11.7 Å². The molecule has 0 saturated heterocycles. The molecule has 3 N–H and O–H groups in total. The molecular weight excluding hydrogens is 232 g/mol. The molecule has 1 atom stereocenters. The Labute approximate surface area is 107 Å². The third-order valence-electron chi connectivity index (χ3n) is 2.96. The summed E-state index contributed by atoms with van der Waals surface area (Å²) in [6.07, 6.45) is 2.52. The van der Waals surface area contributed by atoms with Crippen LogP contribution in [0.4, 0.5) is 0 Å². The standard InChI is InChI=1S/C13H22N2OS/c1-10(5-6-14)3-4-13(16)15-7-12-9-17-8-11(12)2/h8-10H,3-7,14H2,1-2H3,(H,15,16). The number of hydrogen-bond acceptors (Lipinski definition) is 3. The average Bonchev–Trinajstić information content (AvgIpc) is 2.70. The molecule has 3 nitrogen and oxygen atoms in total. The van der Waals surface area contributed by atoms with E-state index in [1.165, 1.54) is 11.1 Å². The molecule has 0 saturated carbocycles. The van der Waals surface area contributed by atoms with Gasteiger partial charge < -0.3 is 11.1 Å². The van der Waals surface area contributed by atoms with Crippen LogP contribution in [0.2, 0.25) is 0 Å². The molecule has 1 rings (SSSR count). The van der Waals surface area contributed by atoms with Crippen LogP contribution < -0.4 is 11.1 Å². The maximum Gasteiger partial charge on any atom is 0.220 e. The van der Waals surface area contributed by atoms with Crippen molar-refractivity contribution in [3.05, 3.63) is 21.9 Å². The van der Waals surface area contributed by atoms with Crippen LogP contribution in [-0.2, 0) is 11.3 Å². The predicted molar refractivity (Wildman–Crippen MR) is 73.0 cm³/mol. The van der Waals surface area contributed by atoms with Crippen molar-refractivity contribution in [2.45, 2.75) is 39.7 Å². The van der Waals surface area contributed by atoms with Gasteiger partial charge in [-0.05, 0) is 54.1 Å². The van der Waals surface area contributed by atoms with Crippen LogP contribution >= 0.6 is 11.3 Å². The van der Waals surface area contributed by atoms with Crippen LogP contribution in [0, 0.1) is 12.8 Å². The van der Waals surface area contributed by atoms with E-state index >= 15 is 0 Å². The number of nitrogens with one attached hydrogen (secondary N) is 1. The second kappa shape index (κ2) is 7.45. The van der Waals surface area contributed by atoms with E-state index in [-0.39, 0.29) is 5.91 Å². The fourth-order valence-corrected chi connectivity index (χ4v) is 2.51. The molecule has 1 amide bonds. The van der Waals surface area contributed by atoms with Gasteiger partial charge in [0.2, 0.25) is 5.91 Å². The van der Waals surface area contributed by atoms with Gasteiger partial charge in [-0.2, -0.15) is 11.3 Å². The van der Waals surface area contributed by atoms with E-state index in [1.54, 1.807) is 11.3 Å². The lowest BCUT2D eigenvalue weighted by molar-refractivity contribution is -0.121. The summed E-state index contributed by atoms with van der Waals surface area (Å²) in [5.41, 5.74) is 7.95. The molecule has 0 fully saturated rings. The molecule has 0 radical (unpaired) electrons. The Balaban J connectivity index is 2.20. The summed E-state index contributed by atoms with van der Waals surface area (Å²) < 4.78 is 0. The number of carbonyl (C=O) groups is 1. The lowest BCUT2D eigenvalue weighted by Gasteiger charge is -2.09. The summed E-state index contributed by atoms with van der Waals surface area (Å²) >= 11 is 1.68. The summed E-state index contributed by atoms with van der Waals surface area (Å²) in [7, 11) is 0. The molecule has 0 aliphatic carbocycles. The number of rotatable bonds is 7. The van der Waals surface area contributed by atoms with Gasteiger partial charge >= 0.3 is 0 Å². The third-order valence-corrected chi connectivity index (χ3v) is 3.87. The quantitative estimate of drug-likeness (QED) is 0.785. The van der Waals surface area contributed by atoms with Crippen molar-refractivity contribution < 1.29 is 4.79 Å². The number of aryl methyl sites for hydroxylation is 1. The lowest BCUT2D eigenvalue weighted by Crippen LogP contribution is -2.23. The molecule has 17 heavy (non-hydrogen) atoms. The zero-order valence-corrected chi connectivity index (χ0v) is 11.5. The average molecular weight is 254 g/mol. The summed E-state index contributed by atoms with van der Waals surface area (Å²) in [5.74, 6) is 0.674. The highest BCUT2D eigenvalue weighted by Gasteiger charge is 2.07. The first-order valence-electron chi connectivity index (χ1n) is 6.12. The van der Waals surface area contributed by atoms with E-state index in [1.807, 2.05) is 0 Å². The van der Waals surface area contributed by atoms with Crippen molar-refractivity contribution in [1.29, 1.82) is 0 Å². The highest BCUT2D eigenvalue weighted by molar-refractivity contribution is 7.08. The van der Waals surface area contributed by atoms with Crippen LogP contribution in [-0.4, -0.2) is 12.5 Å². The zero-order chi connectivity index (χ0) is 12.7. The highest BCUT2D eigenvalue weighted by Crippen LogP contribution is 2.13. The fourth-order valence-electron chi connectivity index (χ4n) is 1.66. The molecule has 0 spiro atoms. The smallest absolute Gasteiger partial charge is 0.220 e. The van der Waals surface area contributed by atoms with Crippen molar-refractivity contribution in [1.82, 2.24) is 5.32 Å². The molecule has 4 heteroatoms. The Morgan fingerprint density at radius 3 is 2.82 bits per heavy atom. The molecule has 0 aliphatic rings. The first-order chi connectivity index (χ1) is 8.13. The Morgan fingerprint density at radius 2 is 2.24 bits per heavy atom. The lowest BCUT2D eigenvalue weighted by atomic mass is 10.0. The van der Waals surface area contributed by atoms with Crippen LogP contribution in [0.25, 0.3) is 0 Å². The summed E-state index contributed by atoms with van der Waals surface area (Å²) in [5, 5.41) is 7.15. The molecule has 1 heterocycles. The predicted octanol–water partition coefficient (Wildman–Crippen LogP) is 2.44. The van der Waals surface area contributed by atoms with Gasteiger partial charge in [0.1, 0.15) is 0 Å². The van der Waals surface area contributed by atoms with E-state index in [2.05, 4.69) is 29.9 Å². The van der Waals surface area contributed by atoms with Gasteiger partial charge in [-0.3, -0.25) is 4.79 Å². The number of amides is 1. The highest BCUT2D eigenvalue weighted by atomic mass is 32.1. The maximum absolute atomic E-state index is 11.6. The van der Waals surface area contributed by atoms with Gasteiger partial charge in [0.15, 0.2) is 0 Å². The summed E-state index contributed by atoms with van der Waals surface area (Å²) in [4.78, 5) is 11.6. The molecule has 1 aromatic heterocycles. The second-order valence-corrected chi connectivity index (χ2v) is 5.32. The molecule has 0 aromatic carbocycles. The summed E-state index contributed by atoms with van der Waals surface area (Å²) in [6, 6.07) is 0. The first kappa shape index (κ1) is 14.2. The number of carbonyl (C=O) groups excluding carboxylic acids is 1. The maximum atomic E-state index is 11.6. The van der Waals surface area contributed by atoms with Crippen molar-refractivity contribution in [3.8, 4) is 0 Å². The Morgan fingerprint density at radius 1 is 1.47 bits per heavy atom. The Bertz CT molecular complexity index is 349. The number of nitrogens with two attached hydrogens (primary N) is 1. The van der Waals surface area contributed by atoms with Gasteiger partial charge in [0.25, 0.3) is 0 Å². The van der Waals surface area contributed by atoms with Crippen molar-refractivity contribution in [2.75, 3.05) is 6.54 Å². The van der Waals surface area contributed by atoms with E-state index in [9.17, 15) is 4.79 Å². The van der Waals surface area contributed by atoms with Gasteiger partial charge in [-0.15, -0.1) is 0 Å². The molecule has 0 bridgehead atoms. The molecule has 1 aromatic rings. The minimum Gasteiger partial charge on any atom is -0.352 e. The van der Waals surface area contributed by atoms with Crippen LogP contribution in [0.3, 0.4) is 0 Å². The van der Waals surface area contributed by atoms with E-state index < -0.39 is 0 Å². The normalized spacial score (nSPS) is 12.4. The van der Waals surface area contributed by atoms with Crippen LogP contribution in [0.5, 0.6) is 0 Å². The van der Waals surface area contributed by atoms with Gasteiger partial charge in [0.05, 0.1) is 0 Å². The van der Waals surface area contributed by atoms with Crippen LogP contribution in [0.1, 0.15) is 37.3 Å². The minimum atomic E-state index is 0.138. The molecular formula is C13H22N2OS.